The normalized spacial score (nSPS) is 17.9. The van der Waals surface area contributed by atoms with Crippen LogP contribution in [-0.4, -0.2) is 31.9 Å². The summed E-state index contributed by atoms with van der Waals surface area (Å²) in [4.78, 5) is 16.9. The van der Waals surface area contributed by atoms with Gasteiger partial charge in [0.15, 0.2) is 5.82 Å². The maximum atomic E-state index is 13.6. The van der Waals surface area contributed by atoms with Crippen LogP contribution in [0.4, 0.5) is 8.78 Å². The predicted octanol–water partition coefficient (Wildman–Crippen LogP) is 3.60. The van der Waals surface area contributed by atoms with E-state index in [0.717, 1.165) is 24.5 Å². The Morgan fingerprint density at radius 3 is 2.63 bits per heavy atom. The van der Waals surface area contributed by atoms with E-state index in [2.05, 4.69) is 21.8 Å². The molecule has 1 saturated carbocycles. The molecule has 1 aliphatic heterocycles. The summed E-state index contributed by atoms with van der Waals surface area (Å²) in [5.41, 5.74) is 1.09. The average Bonchev–Trinajstić information content (AvgIpc) is 3.29. The minimum atomic E-state index is -0.690. The van der Waals surface area contributed by atoms with Crippen molar-refractivity contribution in [2.75, 3.05) is 0 Å². The number of nitriles is 1. The van der Waals surface area contributed by atoms with Crippen LogP contribution in [0, 0.1) is 23.0 Å². The molecule has 1 atom stereocenters. The quantitative estimate of drug-likeness (QED) is 0.653. The van der Waals surface area contributed by atoms with Gasteiger partial charge in [-0.05, 0) is 37.0 Å². The molecule has 0 bridgehead atoms. The number of carbonyl (C=O) groups excluding carboxylic acids is 1. The summed E-state index contributed by atoms with van der Waals surface area (Å²) < 4.78 is 28.6. The molecule has 2 aromatic rings. The Hall–Kier alpha value is -3.41. The largest absolute Gasteiger partial charge is 0.273 e. The number of hydrazone groups is 1. The minimum absolute atomic E-state index is 0.135. The van der Waals surface area contributed by atoms with Crippen molar-refractivity contribution in [3.63, 3.8) is 0 Å². The fourth-order valence-corrected chi connectivity index (χ4v) is 3.45. The van der Waals surface area contributed by atoms with Crippen LogP contribution < -0.4 is 0 Å². The van der Waals surface area contributed by atoms with Crippen molar-refractivity contribution < 1.29 is 13.6 Å². The molecule has 1 fully saturated rings. The standard InChI is InChI=1S/C21H20F2N6O/c1-13(12-28-19(11-24)26-21(27-28)14-3-4-14)2-5-20(30)29-18(6-7-25-29)15-8-16(22)10-17(23)9-15/h7-10,14,18H,1-6,12H2. The Morgan fingerprint density at radius 2 is 1.97 bits per heavy atom. The van der Waals surface area contributed by atoms with Gasteiger partial charge in [-0.1, -0.05) is 12.2 Å². The molecular weight excluding hydrogens is 390 g/mol. The van der Waals surface area contributed by atoms with Gasteiger partial charge in [-0.15, -0.1) is 0 Å². The molecule has 154 valence electrons. The Morgan fingerprint density at radius 1 is 1.23 bits per heavy atom. The van der Waals surface area contributed by atoms with Gasteiger partial charge in [0, 0.05) is 31.0 Å². The number of halogens is 2. The van der Waals surface area contributed by atoms with Crippen molar-refractivity contribution in [1.29, 1.82) is 5.26 Å². The first kappa shape index (κ1) is 19.9. The Labute approximate surface area is 172 Å². The van der Waals surface area contributed by atoms with Gasteiger partial charge in [-0.3, -0.25) is 4.79 Å². The van der Waals surface area contributed by atoms with Crippen LogP contribution in [0.5, 0.6) is 0 Å². The lowest BCUT2D eigenvalue weighted by Crippen LogP contribution is -2.27. The van der Waals surface area contributed by atoms with Gasteiger partial charge < -0.3 is 0 Å². The van der Waals surface area contributed by atoms with Crippen molar-refractivity contribution in [3.8, 4) is 6.07 Å². The van der Waals surface area contributed by atoms with E-state index in [1.165, 1.54) is 21.8 Å². The minimum Gasteiger partial charge on any atom is -0.273 e. The van der Waals surface area contributed by atoms with Crippen molar-refractivity contribution in [1.82, 2.24) is 19.8 Å². The first-order chi connectivity index (χ1) is 14.4. The smallest absolute Gasteiger partial charge is 0.243 e. The first-order valence-electron chi connectivity index (χ1n) is 9.76. The van der Waals surface area contributed by atoms with Crippen LogP contribution in [0.15, 0.2) is 35.5 Å². The van der Waals surface area contributed by atoms with E-state index < -0.39 is 17.7 Å². The highest BCUT2D eigenvalue weighted by atomic mass is 19.1. The summed E-state index contributed by atoms with van der Waals surface area (Å²) in [6.45, 7) is 4.29. The lowest BCUT2D eigenvalue weighted by molar-refractivity contribution is -0.133. The molecule has 9 heteroatoms. The van der Waals surface area contributed by atoms with E-state index in [1.807, 2.05) is 6.07 Å². The second kappa shape index (κ2) is 8.14. The van der Waals surface area contributed by atoms with Crippen molar-refractivity contribution in [2.24, 2.45) is 5.10 Å². The van der Waals surface area contributed by atoms with E-state index in [0.29, 0.717) is 36.7 Å². The third-order valence-corrected chi connectivity index (χ3v) is 5.15. The number of hydrogen-bond donors (Lipinski definition) is 0. The lowest BCUT2D eigenvalue weighted by Gasteiger charge is -2.22. The summed E-state index contributed by atoms with van der Waals surface area (Å²) in [5.74, 6) is -0.384. The second-order valence-electron chi connectivity index (χ2n) is 7.58. The second-order valence-corrected chi connectivity index (χ2v) is 7.58. The maximum Gasteiger partial charge on any atom is 0.243 e. The highest BCUT2D eigenvalue weighted by molar-refractivity contribution is 5.80. The molecule has 1 unspecified atom stereocenters. The zero-order valence-corrected chi connectivity index (χ0v) is 16.3. The van der Waals surface area contributed by atoms with E-state index in [9.17, 15) is 18.8 Å². The van der Waals surface area contributed by atoms with E-state index in [-0.39, 0.29) is 18.2 Å². The molecule has 1 aromatic carbocycles. The summed E-state index contributed by atoms with van der Waals surface area (Å²) in [7, 11) is 0. The number of nitrogens with zero attached hydrogens (tertiary/aromatic N) is 6. The number of allylic oxidation sites excluding steroid dienone is 1. The number of amides is 1. The fourth-order valence-electron chi connectivity index (χ4n) is 3.45. The molecule has 2 heterocycles. The SMILES string of the molecule is C=C(CCC(=O)N1N=CCC1c1cc(F)cc(F)c1)Cn1nc(C2CC2)nc1C#N. The van der Waals surface area contributed by atoms with Gasteiger partial charge in [-0.2, -0.15) is 15.5 Å². The van der Waals surface area contributed by atoms with Gasteiger partial charge in [0.05, 0.1) is 12.6 Å². The van der Waals surface area contributed by atoms with Crippen molar-refractivity contribution in [3.05, 3.63) is 59.2 Å². The maximum absolute atomic E-state index is 13.6. The molecule has 4 rings (SSSR count). The lowest BCUT2D eigenvalue weighted by atomic mass is 10.0. The molecule has 0 radical (unpaired) electrons. The molecule has 30 heavy (non-hydrogen) atoms. The summed E-state index contributed by atoms with van der Waals surface area (Å²) in [6.07, 6.45) is 4.54. The highest BCUT2D eigenvalue weighted by Crippen LogP contribution is 2.38. The van der Waals surface area contributed by atoms with Crippen LogP contribution in [0.2, 0.25) is 0 Å². The number of aromatic nitrogens is 3. The zero-order valence-electron chi connectivity index (χ0n) is 16.3. The molecule has 0 spiro atoms. The van der Waals surface area contributed by atoms with Crippen LogP contribution in [0.3, 0.4) is 0 Å². The number of rotatable bonds is 7. The number of benzene rings is 1. The summed E-state index contributed by atoms with van der Waals surface area (Å²) >= 11 is 0. The van der Waals surface area contributed by atoms with Gasteiger partial charge >= 0.3 is 0 Å². The van der Waals surface area contributed by atoms with Crippen LogP contribution >= 0.6 is 0 Å². The third kappa shape index (κ3) is 4.27. The molecule has 7 nitrogen and oxygen atoms in total. The Bertz CT molecular complexity index is 1050. The van der Waals surface area contributed by atoms with Crippen molar-refractivity contribution >= 4 is 12.1 Å². The molecule has 1 aromatic heterocycles. The first-order valence-corrected chi connectivity index (χ1v) is 9.76. The Kier molecular flexibility index (Phi) is 5.40. The van der Waals surface area contributed by atoms with Gasteiger partial charge in [-0.25, -0.2) is 23.5 Å². The third-order valence-electron chi connectivity index (χ3n) is 5.15. The molecule has 0 N–H and O–H groups in total. The van der Waals surface area contributed by atoms with Crippen LogP contribution in [0.1, 0.15) is 61.3 Å². The summed E-state index contributed by atoms with van der Waals surface area (Å²) in [6, 6.07) is 4.74. The van der Waals surface area contributed by atoms with Gasteiger partial charge in [0.25, 0.3) is 0 Å². The molecule has 0 saturated heterocycles. The van der Waals surface area contributed by atoms with E-state index in [4.69, 9.17) is 0 Å². The number of carbonyl (C=O) groups is 1. The monoisotopic (exact) mass is 410 g/mol. The predicted molar refractivity (Wildman–Crippen MR) is 104 cm³/mol. The molecular formula is C21H20F2N6O. The zero-order chi connectivity index (χ0) is 21.3. The van der Waals surface area contributed by atoms with E-state index >= 15 is 0 Å². The topological polar surface area (TPSA) is 87.2 Å². The number of hydrogen-bond acceptors (Lipinski definition) is 5. The van der Waals surface area contributed by atoms with Gasteiger partial charge in [0.1, 0.15) is 17.7 Å². The fraction of sp³-hybridized carbons (Fsp3) is 0.381. The average molecular weight is 410 g/mol. The molecule has 1 aliphatic carbocycles. The molecule has 2 aliphatic rings. The Balaban J connectivity index is 1.36. The van der Waals surface area contributed by atoms with Crippen LogP contribution in [0.25, 0.3) is 0 Å². The van der Waals surface area contributed by atoms with Gasteiger partial charge in [0.2, 0.25) is 11.7 Å². The van der Waals surface area contributed by atoms with E-state index in [1.54, 1.807) is 6.21 Å². The highest BCUT2D eigenvalue weighted by Gasteiger charge is 2.30. The molecule has 1 amide bonds. The van der Waals surface area contributed by atoms with Crippen molar-refractivity contribution in [2.45, 2.75) is 50.6 Å². The van der Waals surface area contributed by atoms with Crippen LogP contribution in [-0.2, 0) is 11.3 Å². The summed E-state index contributed by atoms with van der Waals surface area (Å²) in [5, 5.41) is 19.0.